The van der Waals surface area contributed by atoms with Crippen molar-refractivity contribution in [3.8, 4) is 11.5 Å². The van der Waals surface area contributed by atoms with Crippen LogP contribution < -0.4 is 15.4 Å². The SMILES string of the molecule is CC1C(CN2CCC(O)C2)OC(c2cccc(NC(=O)Nc3ccc(Oc4ccccc4)cc3)c2)OC1c1ccc(CO)cc1. The van der Waals surface area contributed by atoms with Gasteiger partial charge in [0.1, 0.15) is 11.5 Å². The van der Waals surface area contributed by atoms with Crippen LogP contribution in [0.4, 0.5) is 16.2 Å². The lowest BCUT2D eigenvalue weighted by Crippen LogP contribution is -2.44. The van der Waals surface area contributed by atoms with Gasteiger partial charge in [0.05, 0.1) is 24.9 Å². The first-order valence-corrected chi connectivity index (χ1v) is 15.4. The summed E-state index contributed by atoms with van der Waals surface area (Å²) in [5.41, 5.74) is 3.86. The van der Waals surface area contributed by atoms with Crippen molar-refractivity contribution in [3.05, 3.63) is 120 Å². The van der Waals surface area contributed by atoms with Crippen LogP contribution in [-0.4, -0.2) is 53.0 Å². The highest BCUT2D eigenvalue weighted by Crippen LogP contribution is 2.42. The number of aliphatic hydroxyl groups excluding tert-OH is 2. The highest BCUT2D eigenvalue weighted by molar-refractivity contribution is 5.99. The zero-order valence-corrected chi connectivity index (χ0v) is 25.2. The fourth-order valence-corrected chi connectivity index (χ4v) is 5.85. The summed E-state index contributed by atoms with van der Waals surface area (Å²) in [5.74, 6) is 1.45. The number of nitrogens with one attached hydrogen (secondary N) is 2. The van der Waals surface area contributed by atoms with Crippen LogP contribution >= 0.6 is 0 Å². The number of para-hydroxylation sites is 1. The van der Waals surface area contributed by atoms with Gasteiger partial charge in [0.25, 0.3) is 0 Å². The maximum Gasteiger partial charge on any atom is 0.323 e. The standard InChI is InChI=1S/C36H39N3O6/c1-24-33(22-39-19-18-30(41)21-39)44-35(45-34(24)26-12-10-25(23-40)11-13-26)27-6-5-7-29(20-27)38-36(42)37-28-14-16-32(17-15-28)43-31-8-3-2-4-9-31/h2-17,20,24,30,33-35,40-41H,18-19,21-23H2,1H3,(H2,37,38,42). The van der Waals surface area contributed by atoms with Crippen LogP contribution in [0.2, 0.25) is 0 Å². The lowest BCUT2D eigenvalue weighted by molar-refractivity contribution is -0.276. The van der Waals surface area contributed by atoms with Gasteiger partial charge in [-0.1, -0.05) is 61.5 Å². The van der Waals surface area contributed by atoms with E-state index in [2.05, 4.69) is 22.5 Å². The lowest BCUT2D eigenvalue weighted by atomic mass is 9.90. The van der Waals surface area contributed by atoms with Gasteiger partial charge < -0.3 is 35.1 Å². The number of aliphatic hydroxyl groups is 2. The summed E-state index contributed by atoms with van der Waals surface area (Å²) in [4.78, 5) is 15.1. The monoisotopic (exact) mass is 609 g/mol. The molecule has 9 nitrogen and oxygen atoms in total. The van der Waals surface area contributed by atoms with Crippen LogP contribution in [0, 0.1) is 5.92 Å². The number of hydrogen-bond donors (Lipinski definition) is 4. The molecule has 234 valence electrons. The molecule has 45 heavy (non-hydrogen) atoms. The molecule has 5 atom stereocenters. The van der Waals surface area contributed by atoms with Crippen LogP contribution in [0.5, 0.6) is 11.5 Å². The first-order valence-electron chi connectivity index (χ1n) is 15.4. The van der Waals surface area contributed by atoms with E-state index in [1.807, 2.05) is 78.9 Å². The summed E-state index contributed by atoms with van der Waals surface area (Å²) in [7, 11) is 0. The second-order valence-corrected chi connectivity index (χ2v) is 11.7. The predicted octanol–water partition coefficient (Wildman–Crippen LogP) is 6.47. The number of amides is 2. The van der Waals surface area contributed by atoms with Crippen molar-refractivity contribution >= 4 is 17.4 Å². The highest BCUT2D eigenvalue weighted by atomic mass is 16.7. The minimum Gasteiger partial charge on any atom is -0.457 e. The number of carbonyl (C=O) groups is 1. The number of anilines is 2. The highest BCUT2D eigenvalue weighted by Gasteiger charge is 2.40. The number of nitrogens with zero attached hydrogens (tertiary/aromatic N) is 1. The van der Waals surface area contributed by atoms with Gasteiger partial charge in [-0.25, -0.2) is 4.79 Å². The van der Waals surface area contributed by atoms with Crippen LogP contribution in [0.25, 0.3) is 0 Å². The van der Waals surface area contributed by atoms with Crippen molar-refractivity contribution in [1.82, 2.24) is 4.90 Å². The van der Waals surface area contributed by atoms with Crippen molar-refractivity contribution in [3.63, 3.8) is 0 Å². The molecule has 0 spiro atoms. The number of hydrogen-bond acceptors (Lipinski definition) is 7. The minimum atomic E-state index is -0.664. The van der Waals surface area contributed by atoms with E-state index < -0.39 is 6.29 Å². The van der Waals surface area contributed by atoms with E-state index in [0.29, 0.717) is 30.2 Å². The zero-order chi connectivity index (χ0) is 31.2. The quantitative estimate of drug-likeness (QED) is 0.172. The average molecular weight is 610 g/mol. The zero-order valence-electron chi connectivity index (χ0n) is 25.2. The Morgan fingerprint density at radius 1 is 0.867 bits per heavy atom. The van der Waals surface area contributed by atoms with Gasteiger partial charge in [-0.15, -0.1) is 0 Å². The summed E-state index contributed by atoms with van der Waals surface area (Å²) in [6.45, 7) is 4.24. The van der Waals surface area contributed by atoms with Gasteiger partial charge in [-0.3, -0.25) is 4.90 Å². The second-order valence-electron chi connectivity index (χ2n) is 11.7. The Balaban J connectivity index is 1.13. The molecule has 2 fully saturated rings. The molecular weight excluding hydrogens is 570 g/mol. The van der Waals surface area contributed by atoms with Crippen molar-refractivity contribution in [2.75, 3.05) is 30.3 Å². The van der Waals surface area contributed by atoms with E-state index in [-0.39, 0.29) is 36.9 Å². The molecule has 4 N–H and O–H groups in total. The number of rotatable bonds is 9. The molecule has 2 aliphatic heterocycles. The molecule has 0 aromatic heterocycles. The predicted molar refractivity (Wildman–Crippen MR) is 172 cm³/mol. The van der Waals surface area contributed by atoms with Crippen LogP contribution in [0.15, 0.2) is 103 Å². The summed E-state index contributed by atoms with van der Waals surface area (Å²) >= 11 is 0. The Bertz CT molecular complexity index is 1550. The van der Waals surface area contributed by atoms with E-state index in [1.165, 1.54) is 0 Å². The number of likely N-dealkylation sites (tertiary alicyclic amines) is 1. The number of ether oxygens (including phenoxy) is 3. The molecule has 4 aromatic rings. The first-order chi connectivity index (χ1) is 21.9. The molecular formula is C36H39N3O6. The summed E-state index contributed by atoms with van der Waals surface area (Å²) in [5, 5.41) is 25.4. The van der Waals surface area contributed by atoms with Crippen LogP contribution in [0.3, 0.4) is 0 Å². The lowest BCUT2D eigenvalue weighted by Gasteiger charge is -2.42. The summed E-state index contributed by atoms with van der Waals surface area (Å²) < 4.78 is 19.0. The van der Waals surface area contributed by atoms with Gasteiger partial charge in [-0.05, 0) is 66.1 Å². The number of carbonyl (C=O) groups excluding carboxylic acids is 1. The Hall–Kier alpha value is -4.25. The maximum absolute atomic E-state index is 12.9. The van der Waals surface area contributed by atoms with E-state index in [9.17, 15) is 15.0 Å². The van der Waals surface area contributed by atoms with Crippen molar-refractivity contribution < 1.29 is 29.2 Å². The fourth-order valence-electron chi connectivity index (χ4n) is 5.85. The molecule has 9 heteroatoms. The second kappa shape index (κ2) is 14.2. The Kier molecular flexibility index (Phi) is 9.73. The Morgan fingerprint density at radius 3 is 2.31 bits per heavy atom. The van der Waals surface area contributed by atoms with Gasteiger partial charge in [0.15, 0.2) is 6.29 Å². The van der Waals surface area contributed by atoms with E-state index >= 15 is 0 Å². The summed E-state index contributed by atoms with van der Waals surface area (Å²) in [6, 6.07) is 31.6. The maximum atomic E-state index is 12.9. The third-order valence-corrected chi connectivity index (χ3v) is 8.32. The smallest absolute Gasteiger partial charge is 0.323 e. The molecule has 2 saturated heterocycles. The van der Waals surface area contributed by atoms with E-state index in [4.69, 9.17) is 14.2 Å². The molecule has 2 aliphatic rings. The third-order valence-electron chi connectivity index (χ3n) is 8.32. The van der Waals surface area contributed by atoms with Crippen molar-refractivity contribution in [1.29, 1.82) is 0 Å². The van der Waals surface area contributed by atoms with Gasteiger partial charge in [0.2, 0.25) is 0 Å². The van der Waals surface area contributed by atoms with Crippen molar-refractivity contribution in [2.45, 2.75) is 44.6 Å². The molecule has 0 radical (unpaired) electrons. The van der Waals surface area contributed by atoms with Gasteiger partial charge in [0, 0.05) is 42.5 Å². The molecule has 2 heterocycles. The molecule has 4 aromatic carbocycles. The normalized spacial score (nSPS) is 23.4. The summed E-state index contributed by atoms with van der Waals surface area (Å²) in [6.07, 6.45) is -0.613. The largest absolute Gasteiger partial charge is 0.457 e. The molecule has 5 unspecified atom stereocenters. The Morgan fingerprint density at radius 2 is 1.60 bits per heavy atom. The van der Waals surface area contributed by atoms with Crippen LogP contribution in [-0.2, 0) is 16.1 Å². The van der Waals surface area contributed by atoms with Crippen molar-refractivity contribution in [2.24, 2.45) is 5.92 Å². The Labute approximate surface area is 263 Å². The van der Waals surface area contributed by atoms with Crippen LogP contribution in [0.1, 0.15) is 42.4 Å². The third kappa shape index (κ3) is 7.89. The number of benzene rings is 4. The molecule has 0 bridgehead atoms. The molecule has 6 rings (SSSR count). The van der Waals surface area contributed by atoms with Gasteiger partial charge in [-0.2, -0.15) is 0 Å². The molecule has 2 amide bonds. The van der Waals surface area contributed by atoms with E-state index in [1.54, 1.807) is 24.3 Å². The average Bonchev–Trinajstić information content (AvgIpc) is 3.47. The van der Waals surface area contributed by atoms with Gasteiger partial charge >= 0.3 is 6.03 Å². The number of β-amino-alcohol motifs (C(OH)–C–C–N with tert-alkyl or cyclic N) is 1. The first kappa shape index (κ1) is 30.8. The number of urea groups is 1. The topological polar surface area (TPSA) is 113 Å². The minimum absolute atomic E-state index is 0.0195. The van der Waals surface area contributed by atoms with E-state index in [0.717, 1.165) is 35.4 Å². The fraction of sp³-hybridized carbons (Fsp3) is 0.306. The molecule has 0 aliphatic carbocycles. The molecule has 0 saturated carbocycles.